The Labute approximate surface area is 181 Å². The van der Waals surface area contributed by atoms with E-state index in [0.717, 1.165) is 29.6 Å². The molecule has 0 unspecified atom stereocenters. The largest absolute Gasteiger partial charge is 0.494 e. The maximum atomic E-state index is 13.0. The van der Waals surface area contributed by atoms with Crippen LogP contribution in [0.4, 0.5) is 13.2 Å². The van der Waals surface area contributed by atoms with Gasteiger partial charge in [-0.1, -0.05) is 29.6 Å². The Morgan fingerprint density at radius 2 is 2.00 bits per heavy atom. The predicted molar refractivity (Wildman–Crippen MR) is 114 cm³/mol. The van der Waals surface area contributed by atoms with Gasteiger partial charge in [0, 0.05) is 22.2 Å². The first-order chi connectivity index (χ1) is 14.2. The summed E-state index contributed by atoms with van der Waals surface area (Å²) < 4.78 is 47.5. The molecule has 0 saturated carbocycles. The van der Waals surface area contributed by atoms with Gasteiger partial charge in [0.15, 0.2) is 0 Å². The van der Waals surface area contributed by atoms with E-state index in [1.165, 1.54) is 6.07 Å². The Morgan fingerprint density at radius 1 is 1.23 bits per heavy atom. The normalized spacial score (nSPS) is 11.7. The smallest absolute Gasteiger partial charge is 0.416 e. The number of carbonyl (C=O) groups excluding carboxylic acids is 1. The standard InChI is InChI=1S/C21H20ClF3N2O2S/c1-12-10-14(6-8-17(12)22)29-9-3-4-16-15-7-5-13(21(23,24)25)11-18(15)26-19(16)20(28)27-30-2/h5-8,10-11,26H,3-4,9H2,1-2H3,(H,27,28). The number of amides is 1. The maximum absolute atomic E-state index is 13.0. The minimum atomic E-state index is -4.45. The molecule has 0 aliphatic rings. The van der Waals surface area contributed by atoms with E-state index >= 15 is 0 Å². The molecule has 2 N–H and O–H groups in total. The van der Waals surface area contributed by atoms with Crippen molar-refractivity contribution in [2.75, 3.05) is 12.9 Å². The highest BCUT2D eigenvalue weighted by molar-refractivity contribution is 7.97. The molecule has 0 bridgehead atoms. The van der Waals surface area contributed by atoms with Gasteiger partial charge in [-0.15, -0.1) is 0 Å². The van der Waals surface area contributed by atoms with E-state index < -0.39 is 11.7 Å². The molecule has 30 heavy (non-hydrogen) atoms. The number of nitrogens with one attached hydrogen (secondary N) is 2. The summed E-state index contributed by atoms with van der Waals surface area (Å²) in [6, 6.07) is 8.84. The van der Waals surface area contributed by atoms with Crippen molar-refractivity contribution in [2.24, 2.45) is 0 Å². The fourth-order valence-corrected chi connectivity index (χ4v) is 3.58. The molecule has 3 aromatic rings. The van der Waals surface area contributed by atoms with E-state index in [9.17, 15) is 18.0 Å². The average Bonchev–Trinajstić information content (AvgIpc) is 3.05. The number of ether oxygens (including phenoxy) is 1. The van der Waals surface area contributed by atoms with Gasteiger partial charge in [0.2, 0.25) is 0 Å². The van der Waals surface area contributed by atoms with Gasteiger partial charge in [0.1, 0.15) is 11.4 Å². The van der Waals surface area contributed by atoms with Crippen LogP contribution in [0.25, 0.3) is 10.9 Å². The molecule has 0 spiro atoms. The number of alkyl halides is 3. The zero-order valence-corrected chi connectivity index (χ0v) is 17.9. The minimum Gasteiger partial charge on any atom is -0.494 e. The summed E-state index contributed by atoms with van der Waals surface area (Å²) >= 11 is 7.13. The topological polar surface area (TPSA) is 54.1 Å². The number of carbonyl (C=O) groups is 1. The Kier molecular flexibility index (Phi) is 6.88. The first-order valence-corrected chi connectivity index (χ1v) is 10.7. The summed E-state index contributed by atoms with van der Waals surface area (Å²) in [5.41, 5.74) is 1.35. The summed E-state index contributed by atoms with van der Waals surface area (Å²) in [6.45, 7) is 2.27. The van der Waals surface area contributed by atoms with E-state index in [2.05, 4.69) is 9.71 Å². The van der Waals surface area contributed by atoms with E-state index in [4.69, 9.17) is 16.3 Å². The molecular formula is C21H20ClF3N2O2S. The van der Waals surface area contributed by atoms with Gasteiger partial charge < -0.3 is 9.72 Å². The third-order valence-electron chi connectivity index (χ3n) is 4.62. The number of H-pyrrole nitrogens is 1. The molecule has 1 heterocycles. The summed E-state index contributed by atoms with van der Waals surface area (Å²) in [6.07, 6.45) is -1.71. The highest BCUT2D eigenvalue weighted by atomic mass is 35.5. The molecule has 4 nitrogen and oxygen atoms in total. The lowest BCUT2D eigenvalue weighted by Crippen LogP contribution is -2.17. The number of fused-ring (bicyclic) bond motifs is 1. The first kappa shape index (κ1) is 22.4. The molecule has 9 heteroatoms. The van der Waals surface area contributed by atoms with Crippen LogP contribution in [0, 0.1) is 6.92 Å². The average molecular weight is 457 g/mol. The van der Waals surface area contributed by atoms with Crippen LogP contribution in [-0.4, -0.2) is 23.8 Å². The lowest BCUT2D eigenvalue weighted by Gasteiger charge is -2.09. The van der Waals surface area contributed by atoms with Gasteiger partial charge in [0.05, 0.1) is 12.2 Å². The number of rotatable bonds is 7. The lowest BCUT2D eigenvalue weighted by molar-refractivity contribution is -0.137. The zero-order valence-electron chi connectivity index (χ0n) is 16.3. The maximum Gasteiger partial charge on any atom is 0.416 e. The summed E-state index contributed by atoms with van der Waals surface area (Å²) in [4.78, 5) is 15.3. The predicted octanol–water partition coefficient (Wildman–Crippen LogP) is 6.17. The van der Waals surface area contributed by atoms with E-state index in [-0.39, 0.29) is 17.1 Å². The highest BCUT2D eigenvalue weighted by Gasteiger charge is 2.31. The van der Waals surface area contributed by atoms with Gasteiger partial charge in [-0.25, -0.2) is 0 Å². The third-order valence-corrected chi connectivity index (χ3v) is 5.44. The molecule has 1 amide bonds. The van der Waals surface area contributed by atoms with Gasteiger partial charge >= 0.3 is 6.18 Å². The van der Waals surface area contributed by atoms with Crippen LogP contribution in [0.1, 0.15) is 33.6 Å². The number of hydrogen-bond acceptors (Lipinski definition) is 3. The summed E-state index contributed by atoms with van der Waals surface area (Å²) in [5.74, 6) is 0.308. The second-order valence-corrected chi connectivity index (χ2v) is 7.75. The van der Waals surface area contributed by atoms with E-state index in [1.54, 1.807) is 18.4 Å². The first-order valence-electron chi connectivity index (χ1n) is 9.14. The minimum absolute atomic E-state index is 0.265. The summed E-state index contributed by atoms with van der Waals surface area (Å²) in [7, 11) is 0. The van der Waals surface area contributed by atoms with Crippen LogP contribution in [-0.2, 0) is 12.6 Å². The molecule has 0 atom stereocenters. The van der Waals surface area contributed by atoms with Crippen LogP contribution in [0.3, 0.4) is 0 Å². The molecule has 0 radical (unpaired) electrons. The van der Waals surface area contributed by atoms with Gasteiger partial charge in [-0.2, -0.15) is 13.2 Å². The Hall–Kier alpha value is -2.32. The van der Waals surface area contributed by atoms with Crippen molar-refractivity contribution in [3.8, 4) is 5.75 Å². The Balaban J connectivity index is 1.80. The number of hydrogen-bond donors (Lipinski definition) is 2. The summed E-state index contributed by atoms with van der Waals surface area (Å²) in [5, 5.41) is 1.25. The quantitative estimate of drug-likeness (QED) is 0.330. The Morgan fingerprint density at radius 3 is 2.67 bits per heavy atom. The molecule has 2 aromatic carbocycles. The molecule has 0 aliphatic carbocycles. The Bertz CT molecular complexity index is 1070. The fourth-order valence-electron chi connectivity index (χ4n) is 3.18. The number of halogens is 4. The number of aromatic nitrogens is 1. The third kappa shape index (κ3) is 5.05. The van der Waals surface area contributed by atoms with Crippen LogP contribution in [0.5, 0.6) is 5.75 Å². The molecular weight excluding hydrogens is 437 g/mol. The van der Waals surface area contributed by atoms with Crippen LogP contribution < -0.4 is 9.46 Å². The second kappa shape index (κ2) is 9.22. The van der Waals surface area contributed by atoms with Crippen molar-refractivity contribution < 1.29 is 22.7 Å². The zero-order chi connectivity index (χ0) is 21.9. The van der Waals surface area contributed by atoms with Crippen LogP contribution >= 0.6 is 23.5 Å². The molecule has 0 fully saturated rings. The van der Waals surface area contributed by atoms with Gasteiger partial charge in [0.25, 0.3) is 5.91 Å². The van der Waals surface area contributed by atoms with Crippen LogP contribution in [0.2, 0.25) is 5.02 Å². The number of benzene rings is 2. The van der Waals surface area contributed by atoms with Crippen molar-refractivity contribution in [1.29, 1.82) is 0 Å². The lowest BCUT2D eigenvalue weighted by atomic mass is 10.0. The monoisotopic (exact) mass is 456 g/mol. The van der Waals surface area contributed by atoms with E-state index in [1.807, 2.05) is 13.0 Å². The molecule has 0 aliphatic heterocycles. The van der Waals surface area contributed by atoms with Crippen molar-refractivity contribution >= 4 is 40.4 Å². The molecule has 0 saturated heterocycles. The van der Waals surface area contributed by atoms with Crippen LogP contribution in [0.15, 0.2) is 36.4 Å². The number of aromatic amines is 1. The van der Waals surface area contributed by atoms with Gasteiger partial charge in [-0.3, -0.25) is 9.52 Å². The highest BCUT2D eigenvalue weighted by Crippen LogP contribution is 2.33. The van der Waals surface area contributed by atoms with Crippen molar-refractivity contribution in [3.63, 3.8) is 0 Å². The molecule has 3 rings (SSSR count). The van der Waals surface area contributed by atoms with Crippen molar-refractivity contribution in [2.45, 2.75) is 25.9 Å². The van der Waals surface area contributed by atoms with E-state index in [0.29, 0.717) is 41.2 Å². The van der Waals surface area contributed by atoms with Crippen molar-refractivity contribution in [1.82, 2.24) is 9.71 Å². The van der Waals surface area contributed by atoms with Crippen molar-refractivity contribution in [3.05, 3.63) is 63.8 Å². The fraction of sp³-hybridized carbons (Fsp3) is 0.286. The van der Waals surface area contributed by atoms with Gasteiger partial charge in [-0.05, 0) is 61.2 Å². The molecule has 160 valence electrons. The molecule has 1 aromatic heterocycles. The number of aryl methyl sites for hydroxylation is 2. The SMILES string of the molecule is CSNC(=O)c1[nH]c2cc(C(F)(F)F)ccc2c1CCCOc1ccc(Cl)c(C)c1. The second-order valence-electron chi connectivity index (χ2n) is 6.73.